The molecule has 0 bridgehead atoms. The van der Waals surface area contributed by atoms with Crippen molar-refractivity contribution >= 4 is 0 Å². The molecule has 2 rings (SSSR count). The molecular formula is C9H10N2O2. The van der Waals surface area contributed by atoms with Gasteiger partial charge in [0.2, 0.25) is 0 Å². The number of hydrogen-bond donors (Lipinski definition) is 1. The highest BCUT2D eigenvalue weighted by Crippen LogP contribution is 2.20. The maximum absolute atomic E-state index is 8.79. The summed E-state index contributed by atoms with van der Waals surface area (Å²) < 4.78 is 7.03. The third kappa shape index (κ3) is 1.48. The number of aryl methyl sites for hydroxylation is 1. The van der Waals surface area contributed by atoms with Gasteiger partial charge in [-0.05, 0) is 12.1 Å². The molecule has 0 saturated heterocycles. The first-order valence-electron chi connectivity index (χ1n) is 3.98. The van der Waals surface area contributed by atoms with Gasteiger partial charge in [0.25, 0.3) is 0 Å². The SMILES string of the molecule is Cn1cc(-c2ccc(CO)o2)cn1. The summed E-state index contributed by atoms with van der Waals surface area (Å²) in [6, 6.07) is 3.57. The molecule has 0 amide bonds. The largest absolute Gasteiger partial charge is 0.459 e. The average Bonchev–Trinajstić information content (AvgIpc) is 2.71. The minimum absolute atomic E-state index is 0.0692. The van der Waals surface area contributed by atoms with E-state index in [9.17, 15) is 0 Å². The molecule has 0 aliphatic heterocycles. The van der Waals surface area contributed by atoms with Gasteiger partial charge in [0.15, 0.2) is 0 Å². The molecule has 0 aliphatic rings. The van der Waals surface area contributed by atoms with Crippen LogP contribution in [-0.2, 0) is 13.7 Å². The van der Waals surface area contributed by atoms with Crippen LogP contribution in [0.25, 0.3) is 11.3 Å². The average molecular weight is 178 g/mol. The second kappa shape index (κ2) is 3.06. The highest BCUT2D eigenvalue weighted by Gasteiger charge is 2.05. The lowest BCUT2D eigenvalue weighted by Crippen LogP contribution is -1.83. The van der Waals surface area contributed by atoms with Crippen molar-refractivity contribution in [3.05, 3.63) is 30.3 Å². The van der Waals surface area contributed by atoms with Crippen LogP contribution in [0, 0.1) is 0 Å². The Bertz CT molecular complexity index is 403. The molecule has 68 valence electrons. The molecule has 0 aliphatic carbocycles. The van der Waals surface area contributed by atoms with Gasteiger partial charge in [-0.1, -0.05) is 0 Å². The quantitative estimate of drug-likeness (QED) is 0.751. The van der Waals surface area contributed by atoms with Gasteiger partial charge in [-0.25, -0.2) is 0 Å². The molecule has 4 nitrogen and oxygen atoms in total. The lowest BCUT2D eigenvalue weighted by Gasteiger charge is -1.89. The van der Waals surface area contributed by atoms with E-state index in [1.807, 2.05) is 19.3 Å². The van der Waals surface area contributed by atoms with E-state index in [1.165, 1.54) is 0 Å². The Morgan fingerprint density at radius 3 is 2.92 bits per heavy atom. The molecule has 1 N–H and O–H groups in total. The van der Waals surface area contributed by atoms with Crippen molar-refractivity contribution < 1.29 is 9.52 Å². The third-order valence-electron chi connectivity index (χ3n) is 1.81. The molecule has 0 unspecified atom stereocenters. The fourth-order valence-corrected chi connectivity index (χ4v) is 1.17. The summed E-state index contributed by atoms with van der Waals surface area (Å²) >= 11 is 0. The number of aliphatic hydroxyl groups excluding tert-OH is 1. The van der Waals surface area contributed by atoms with Gasteiger partial charge in [0.1, 0.15) is 18.1 Å². The van der Waals surface area contributed by atoms with Crippen molar-refractivity contribution in [3.8, 4) is 11.3 Å². The third-order valence-corrected chi connectivity index (χ3v) is 1.81. The Morgan fingerprint density at radius 2 is 2.38 bits per heavy atom. The van der Waals surface area contributed by atoms with Crippen molar-refractivity contribution in [2.75, 3.05) is 0 Å². The van der Waals surface area contributed by atoms with E-state index < -0.39 is 0 Å². The van der Waals surface area contributed by atoms with Crippen LogP contribution in [0.2, 0.25) is 0 Å². The van der Waals surface area contributed by atoms with E-state index in [2.05, 4.69) is 5.10 Å². The minimum atomic E-state index is -0.0692. The topological polar surface area (TPSA) is 51.2 Å². The predicted molar refractivity (Wildman–Crippen MR) is 46.8 cm³/mol. The minimum Gasteiger partial charge on any atom is -0.459 e. The Kier molecular flexibility index (Phi) is 1.90. The molecule has 0 atom stereocenters. The van der Waals surface area contributed by atoms with Crippen LogP contribution < -0.4 is 0 Å². The smallest absolute Gasteiger partial charge is 0.137 e. The van der Waals surface area contributed by atoms with Gasteiger partial charge in [-0.3, -0.25) is 4.68 Å². The molecule has 4 heteroatoms. The van der Waals surface area contributed by atoms with E-state index in [0.29, 0.717) is 5.76 Å². The number of rotatable bonds is 2. The fraction of sp³-hybridized carbons (Fsp3) is 0.222. The molecule has 0 saturated carbocycles. The van der Waals surface area contributed by atoms with Crippen LogP contribution in [0.15, 0.2) is 28.9 Å². The Morgan fingerprint density at radius 1 is 1.54 bits per heavy atom. The molecule has 0 spiro atoms. The van der Waals surface area contributed by atoms with Crippen molar-refractivity contribution in [2.45, 2.75) is 6.61 Å². The normalized spacial score (nSPS) is 10.6. The first-order chi connectivity index (χ1) is 6.29. The Hall–Kier alpha value is -1.55. The van der Waals surface area contributed by atoms with E-state index >= 15 is 0 Å². The number of aromatic nitrogens is 2. The van der Waals surface area contributed by atoms with Crippen LogP contribution in [0.5, 0.6) is 0 Å². The predicted octanol–water partition coefficient (Wildman–Crippen LogP) is 1.17. The fourth-order valence-electron chi connectivity index (χ4n) is 1.17. The van der Waals surface area contributed by atoms with Gasteiger partial charge in [0.05, 0.1) is 11.8 Å². The number of hydrogen-bond acceptors (Lipinski definition) is 3. The second-order valence-electron chi connectivity index (χ2n) is 2.83. The van der Waals surface area contributed by atoms with Gasteiger partial charge >= 0.3 is 0 Å². The van der Waals surface area contributed by atoms with E-state index in [0.717, 1.165) is 11.3 Å². The molecular weight excluding hydrogens is 168 g/mol. The van der Waals surface area contributed by atoms with Crippen LogP contribution in [-0.4, -0.2) is 14.9 Å². The first-order valence-corrected chi connectivity index (χ1v) is 3.98. The van der Waals surface area contributed by atoms with Crippen LogP contribution in [0.3, 0.4) is 0 Å². The molecule has 0 fully saturated rings. The van der Waals surface area contributed by atoms with Gasteiger partial charge in [-0.2, -0.15) is 5.10 Å². The van der Waals surface area contributed by atoms with Gasteiger partial charge < -0.3 is 9.52 Å². The molecule has 2 aromatic rings. The van der Waals surface area contributed by atoms with Crippen LogP contribution in [0.1, 0.15) is 5.76 Å². The molecule has 2 heterocycles. The second-order valence-corrected chi connectivity index (χ2v) is 2.83. The summed E-state index contributed by atoms with van der Waals surface area (Å²) in [5.74, 6) is 1.30. The molecule has 13 heavy (non-hydrogen) atoms. The first kappa shape index (κ1) is 8.07. The van der Waals surface area contributed by atoms with Crippen molar-refractivity contribution in [1.29, 1.82) is 0 Å². The monoisotopic (exact) mass is 178 g/mol. The summed E-state index contributed by atoms with van der Waals surface area (Å²) in [7, 11) is 1.85. The highest BCUT2D eigenvalue weighted by atomic mass is 16.4. The lowest BCUT2D eigenvalue weighted by atomic mass is 10.3. The zero-order valence-electron chi connectivity index (χ0n) is 7.27. The van der Waals surface area contributed by atoms with E-state index in [-0.39, 0.29) is 6.61 Å². The summed E-state index contributed by atoms with van der Waals surface area (Å²) in [5, 5.41) is 12.8. The summed E-state index contributed by atoms with van der Waals surface area (Å²) in [6.45, 7) is -0.0692. The number of nitrogens with zero attached hydrogens (tertiary/aromatic N) is 2. The maximum Gasteiger partial charge on any atom is 0.137 e. The maximum atomic E-state index is 8.79. The van der Waals surface area contributed by atoms with Crippen LogP contribution >= 0.6 is 0 Å². The lowest BCUT2D eigenvalue weighted by molar-refractivity contribution is 0.248. The summed E-state index contributed by atoms with van der Waals surface area (Å²) in [6.07, 6.45) is 3.58. The van der Waals surface area contributed by atoms with E-state index in [4.69, 9.17) is 9.52 Å². The van der Waals surface area contributed by atoms with Gasteiger partial charge in [-0.15, -0.1) is 0 Å². The zero-order chi connectivity index (χ0) is 9.26. The Labute approximate surface area is 75.4 Å². The zero-order valence-corrected chi connectivity index (χ0v) is 7.27. The number of aliphatic hydroxyl groups is 1. The van der Waals surface area contributed by atoms with Crippen molar-refractivity contribution in [2.24, 2.45) is 7.05 Å². The Balaban J connectivity index is 2.35. The standard InChI is InChI=1S/C9H10N2O2/c1-11-5-7(4-10-11)9-3-2-8(6-12)13-9/h2-5,12H,6H2,1H3. The molecule has 0 radical (unpaired) electrons. The molecule has 2 aromatic heterocycles. The van der Waals surface area contributed by atoms with E-state index in [1.54, 1.807) is 16.9 Å². The number of furan rings is 1. The van der Waals surface area contributed by atoms with Crippen molar-refractivity contribution in [3.63, 3.8) is 0 Å². The summed E-state index contributed by atoms with van der Waals surface area (Å²) in [4.78, 5) is 0. The van der Waals surface area contributed by atoms with Crippen molar-refractivity contribution in [1.82, 2.24) is 9.78 Å². The highest BCUT2D eigenvalue weighted by molar-refractivity contribution is 5.54. The van der Waals surface area contributed by atoms with Gasteiger partial charge in [0, 0.05) is 13.2 Å². The summed E-state index contributed by atoms with van der Waals surface area (Å²) in [5.41, 5.74) is 0.919. The van der Waals surface area contributed by atoms with Crippen LogP contribution in [0.4, 0.5) is 0 Å². The molecule has 0 aromatic carbocycles.